The molecule has 5 nitrogen and oxygen atoms in total. The van der Waals surface area contributed by atoms with Crippen LogP contribution in [0.3, 0.4) is 0 Å². The van der Waals surface area contributed by atoms with Crippen molar-refractivity contribution in [3.05, 3.63) is 106 Å². The van der Waals surface area contributed by atoms with Crippen molar-refractivity contribution >= 4 is 22.7 Å². The lowest BCUT2D eigenvalue weighted by molar-refractivity contribution is 0.557. The van der Waals surface area contributed by atoms with Crippen LogP contribution in [-0.2, 0) is 5.75 Å². The fourth-order valence-corrected chi connectivity index (χ4v) is 4.68. The zero-order valence-corrected chi connectivity index (χ0v) is 18.6. The lowest BCUT2D eigenvalue weighted by Gasteiger charge is -2.11. The van der Waals surface area contributed by atoms with Crippen molar-refractivity contribution in [1.82, 2.24) is 14.8 Å². The molecule has 2 heterocycles. The predicted molar refractivity (Wildman–Crippen MR) is 128 cm³/mol. The summed E-state index contributed by atoms with van der Waals surface area (Å²) in [5.41, 5.74) is 5.31. The Balaban J connectivity index is 1.57. The van der Waals surface area contributed by atoms with E-state index in [2.05, 4.69) is 20.8 Å². The summed E-state index contributed by atoms with van der Waals surface area (Å²) in [6, 6.07) is 25.7. The standard InChI is InChI=1S/C26H21N3O2S/c1-17-13-14-22-20(15-23(30)31-24(22)18(17)2)16-32-26-28-27-25(19-9-5-3-6-10-19)29(26)21-11-7-4-8-12-21/h3-15H,16H2,1-2H3. The topological polar surface area (TPSA) is 60.9 Å². The Morgan fingerprint density at radius 3 is 2.38 bits per heavy atom. The van der Waals surface area contributed by atoms with Gasteiger partial charge in [0.05, 0.1) is 0 Å². The minimum absolute atomic E-state index is 0.337. The van der Waals surface area contributed by atoms with Crippen LogP contribution in [0.1, 0.15) is 16.7 Å². The van der Waals surface area contributed by atoms with Crippen LogP contribution < -0.4 is 5.63 Å². The lowest BCUT2D eigenvalue weighted by Crippen LogP contribution is -2.03. The summed E-state index contributed by atoms with van der Waals surface area (Å²) in [5.74, 6) is 1.35. The molecule has 5 rings (SSSR count). The molecule has 2 aromatic heterocycles. The van der Waals surface area contributed by atoms with E-state index in [-0.39, 0.29) is 5.63 Å². The van der Waals surface area contributed by atoms with Crippen molar-refractivity contribution in [2.24, 2.45) is 0 Å². The smallest absolute Gasteiger partial charge is 0.336 e. The summed E-state index contributed by atoms with van der Waals surface area (Å²) in [5, 5.41) is 10.7. The minimum atomic E-state index is -0.337. The maximum Gasteiger partial charge on any atom is 0.336 e. The Hall–Kier alpha value is -3.64. The first-order valence-electron chi connectivity index (χ1n) is 10.3. The molecule has 6 heteroatoms. The van der Waals surface area contributed by atoms with Crippen molar-refractivity contribution < 1.29 is 4.42 Å². The molecule has 3 aromatic carbocycles. The van der Waals surface area contributed by atoms with Crippen molar-refractivity contribution in [3.63, 3.8) is 0 Å². The van der Waals surface area contributed by atoms with Gasteiger partial charge < -0.3 is 4.42 Å². The number of rotatable bonds is 5. The molecule has 5 aromatic rings. The average molecular weight is 440 g/mol. The van der Waals surface area contributed by atoms with E-state index in [1.807, 2.05) is 80.6 Å². The maximum atomic E-state index is 12.2. The first-order valence-corrected chi connectivity index (χ1v) is 11.3. The summed E-state index contributed by atoms with van der Waals surface area (Å²) in [7, 11) is 0. The van der Waals surface area contributed by atoms with E-state index in [4.69, 9.17) is 4.42 Å². The highest BCUT2D eigenvalue weighted by molar-refractivity contribution is 7.98. The number of aromatic nitrogens is 3. The number of para-hydroxylation sites is 1. The fraction of sp³-hybridized carbons (Fsp3) is 0.115. The predicted octanol–water partition coefficient (Wildman–Crippen LogP) is 5.95. The van der Waals surface area contributed by atoms with Gasteiger partial charge in [0.1, 0.15) is 5.58 Å². The number of benzene rings is 3. The summed E-state index contributed by atoms with van der Waals surface area (Å²) in [4.78, 5) is 12.2. The van der Waals surface area contributed by atoms with E-state index in [1.165, 1.54) is 0 Å². The van der Waals surface area contributed by atoms with E-state index in [0.29, 0.717) is 11.3 Å². The van der Waals surface area contributed by atoms with Gasteiger partial charge in [-0.05, 0) is 42.7 Å². The van der Waals surface area contributed by atoms with Crippen molar-refractivity contribution in [1.29, 1.82) is 0 Å². The van der Waals surface area contributed by atoms with Gasteiger partial charge in [-0.1, -0.05) is 72.4 Å². The summed E-state index contributed by atoms with van der Waals surface area (Å²) < 4.78 is 7.58. The molecular formula is C26H21N3O2S. The SMILES string of the molecule is Cc1ccc2c(CSc3nnc(-c4ccccc4)n3-c3ccccc3)cc(=O)oc2c1C. The summed E-state index contributed by atoms with van der Waals surface area (Å²) >= 11 is 1.55. The van der Waals surface area contributed by atoms with Crippen LogP contribution in [0.5, 0.6) is 0 Å². The molecule has 0 amide bonds. The molecule has 0 fully saturated rings. The molecule has 0 spiro atoms. The third kappa shape index (κ3) is 3.74. The monoisotopic (exact) mass is 439 g/mol. The van der Waals surface area contributed by atoms with Crippen LogP contribution in [0, 0.1) is 13.8 Å². The number of aryl methyl sites for hydroxylation is 2. The molecule has 0 aliphatic heterocycles. The van der Waals surface area contributed by atoms with E-state index < -0.39 is 0 Å². The highest BCUT2D eigenvalue weighted by Gasteiger charge is 2.17. The molecule has 0 unspecified atom stereocenters. The highest BCUT2D eigenvalue weighted by Crippen LogP contribution is 2.32. The normalized spacial score (nSPS) is 11.2. The number of fused-ring (bicyclic) bond motifs is 1. The lowest BCUT2D eigenvalue weighted by atomic mass is 10.0. The Morgan fingerprint density at radius 2 is 1.62 bits per heavy atom. The van der Waals surface area contributed by atoms with E-state index in [9.17, 15) is 4.79 Å². The van der Waals surface area contributed by atoms with Crippen molar-refractivity contribution in [2.45, 2.75) is 24.8 Å². The van der Waals surface area contributed by atoms with Gasteiger partial charge in [-0.2, -0.15) is 0 Å². The van der Waals surface area contributed by atoms with Gasteiger partial charge in [0.25, 0.3) is 0 Å². The van der Waals surface area contributed by atoms with Gasteiger partial charge in [-0.25, -0.2) is 4.79 Å². The first kappa shape index (κ1) is 20.3. The third-order valence-electron chi connectivity index (χ3n) is 5.55. The van der Waals surface area contributed by atoms with Crippen molar-refractivity contribution in [3.8, 4) is 17.1 Å². The van der Waals surface area contributed by atoms with Gasteiger partial charge in [-0.3, -0.25) is 4.57 Å². The molecule has 0 saturated carbocycles. The van der Waals surface area contributed by atoms with Gasteiger partial charge >= 0.3 is 5.63 Å². The molecule has 0 radical (unpaired) electrons. The molecule has 0 atom stereocenters. The first-order chi connectivity index (χ1) is 15.6. The van der Waals surface area contributed by atoms with Crippen LogP contribution >= 0.6 is 11.8 Å². The third-order valence-corrected chi connectivity index (χ3v) is 6.53. The van der Waals surface area contributed by atoms with Crippen LogP contribution in [0.15, 0.2) is 93.2 Å². The second-order valence-electron chi connectivity index (χ2n) is 7.61. The minimum Gasteiger partial charge on any atom is -0.422 e. The van der Waals surface area contributed by atoms with Gasteiger partial charge in [-0.15, -0.1) is 10.2 Å². The molecule has 0 aliphatic carbocycles. The Morgan fingerprint density at radius 1 is 0.906 bits per heavy atom. The Labute approximate surface area is 189 Å². The number of hydrogen-bond acceptors (Lipinski definition) is 5. The summed E-state index contributed by atoms with van der Waals surface area (Å²) in [6.07, 6.45) is 0. The van der Waals surface area contributed by atoms with E-state index in [1.54, 1.807) is 17.8 Å². The number of hydrogen-bond donors (Lipinski definition) is 0. The fourth-order valence-electron chi connectivity index (χ4n) is 3.73. The second kappa shape index (κ2) is 8.48. The van der Waals surface area contributed by atoms with Gasteiger partial charge in [0, 0.05) is 28.5 Å². The van der Waals surface area contributed by atoms with Crippen LogP contribution in [0.2, 0.25) is 0 Å². The van der Waals surface area contributed by atoms with E-state index >= 15 is 0 Å². The highest BCUT2D eigenvalue weighted by atomic mass is 32.2. The average Bonchev–Trinajstić information content (AvgIpc) is 3.25. The Kier molecular flexibility index (Phi) is 5.37. The molecule has 158 valence electrons. The Bertz CT molecular complexity index is 1460. The molecule has 0 N–H and O–H groups in total. The molecule has 32 heavy (non-hydrogen) atoms. The van der Waals surface area contributed by atoms with Gasteiger partial charge in [0.2, 0.25) is 0 Å². The van der Waals surface area contributed by atoms with Crippen LogP contribution in [0.25, 0.3) is 28.0 Å². The number of nitrogens with zero attached hydrogens (tertiary/aromatic N) is 3. The van der Waals surface area contributed by atoms with E-state index in [0.717, 1.165) is 44.3 Å². The largest absolute Gasteiger partial charge is 0.422 e. The van der Waals surface area contributed by atoms with Crippen molar-refractivity contribution in [2.75, 3.05) is 0 Å². The molecule has 0 aliphatic rings. The quantitative estimate of drug-likeness (QED) is 0.250. The van der Waals surface area contributed by atoms with Crippen LogP contribution in [-0.4, -0.2) is 14.8 Å². The number of thioether (sulfide) groups is 1. The van der Waals surface area contributed by atoms with Gasteiger partial charge in [0.15, 0.2) is 11.0 Å². The zero-order valence-electron chi connectivity index (χ0n) is 17.8. The zero-order chi connectivity index (χ0) is 22.1. The molecule has 0 saturated heterocycles. The second-order valence-corrected chi connectivity index (χ2v) is 8.55. The summed E-state index contributed by atoms with van der Waals surface area (Å²) in [6.45, 7) is 4.00. The molecule has 0 bridgehead atoms. The van der Waals surface area contributed by atoms with Crippen LogP contribution in [0.4, 0.5) is 0 Å². The maximum absolute atomic E-state index is 12.2. The molecular weight excluding hydrogens is 418 g/mol.